The Hall–Kier alpha value is -3.39. The number of rotatable bonds is 9. The predicted molar refractivity (Wildman–Crippen MR) is 151 cm³/mol. The number of benzene rings is 3. The summed E-state index contributed by atoms with van der Waals surface area (Å²) in [4.78, 5) is 43.0. The maximum absolute atomic E-state index is 14.4. The molecule has 2 N–H and O–H groups in total. The molecule has 0 aliphatic carbocycles. The third-order valence-corrected chi connectivity index (χ3v) is 7.52. The van der Waals surface area contributed by atoms with E-state index in [0.717, 1.165) is 5.56 Å². The van der Waals surface area contributed by atoms with Gasteiger partial charge in [0.15, 0.2) is 0 Å². The molecule has 204 valence electrons. The summed E-state index contributed by atoms with van der Waals surface area (Å²) in [5.74, 6) is -1.59. The van der Waals surface area contributed by atoms with Crippen LogP contribution in [0.25, 0.3) is 0 Å². The molecule has 0 saturated heterocycles. The van der Waals surface area contributed by atoms with Crippen molar-refractivity contribution in [1.82, 2.24) is 4.90 Å². The van der Waals surface area contributed by atoms with Crippen LogP contribution >= 0.6 is 23.2 Å². The van der Waals surface area contributed by atoms with E-state index in [-0.39, 0.29) is 30.3 Å². The molecule has 3 atom stereocenters. The van der Waals surface area contributed by atoms with Crippen LogP contribution in [-0.4, -0.2) is 39.4 Å². The van der Waals surface area contributed by atoms with Crippen molar-refractivity contribution in [2.45, 2.75) is 51.3 Å². The largest absolute Gasteiger partial charge is 0.481 e. The fourth-order valence-corrected chi connectivity index (χ4v) is 5.14. The number of aliphatic hydroxyl groups is 1. The number of carboxylic acids is 1. The quantitative estimate of drug-likeness (QED) is 0.283. The zero-order chi connectivity index (χ0) is 28.3. The molecule has 3 aromatic rings. The number of carbonyl (C=O) groups excluding carboxylic acids is 2. The van der Waals surface area contributed by atoms with Gasteiger partial charge in [-0.25, -0.2) is 0 Å². The lowest BCUT2D eigenvalue weighted by Crippen LogP contribution is -2.44. The third-order valence-electron chi connectivity index (χ3n) is 7.01. The molecule has 1 aliphatic rings. The first kappa shape index (κ1) is 28.6. The van der Waals surface area contributed by atoms with Crippen LogP contribution in [0.1, 0.15) is 78.3 Å². The Morgan fingerprint density at radius 1 is 0.897 bits per heavy atom. The number of carboxylic acid groups (broad SMARTS) is 1. The Balaban J connectivity index is 1.89. The molecule has 0 bridgehead atoms. The first-order valence-electron chi connectivity index (χ1n) is 12.8. The van der Waals surface area contributed by atoms with Crippen molar-refractivity contribution in [3.8, 4) is 0 Å². The molecule has 2 amide bonds. The van der Waals surface area contributed by atoms with E-state index in [1.54, 1.807) is 71.3 Å². The SMILES string of the molecule is CC(O)c1ccc2c(c1)C(=O)N([C@H](C)c1ccc(Cl)cc1)[C@@H](c1ccc(Cl)cc1)C(=O)N2CCCCC(=O)O. The van der Waals surface area contributed by atoms with Gasteiger partial charge in [0.1, 0.15) is 6.04 Å². The Kier molecular flexibility index (Phi) is 8.95. The monoisotopic (exact) mass is 568 g/mol. The predicted octanol–water partition coefficient (Wildman–Crippen LogP) is 6.59. The molecule has 0 radical (unpaired) electrons. The van der Waals surface area contributed by atoms with Crippen LogP contribution in [0.3, 0.4) is 0 Å². The van der Waals surface area contributed by atoms with Gasteiger partial charge in [-0.05, 0) is 79.8 Å². The molecule has 0 aromatic heterocycles. The number of hydrogen-bond acceptors (Lipinski definition) is 4. The minimum atomic E-state index is -0.984. The molecule has 0 spiro atoms. The summed E-state index contributed by atoms with van der Waals surface area (Å²) in [7, 11) is 0. The van der Waals surface area contributed by atoms with E-state index < -0.39 is 24.2 Å². The van der Waals surface area contributed by atoms with Gasteiger partial charge in [-0.3, -0.25) is 14.4 Å². The molecule has 0 fully saturated rings. The van der Waals surface area contributed by atoms with Gasteiger partial charge in [0, 0.05) is 23.0 Å². The van der Waals surface area contributed by atoms with Crippen LogP contribution in [0.5, 0.6) is 0 Å². The van der Waals surface area contributed by atoms with Crippen molar-refractivity contribution in [1.29, 1.82) is 0 Å². The second kappa shape index (κ2) is 12.2. The number of nitrogens with zero attached hydrogens (tertiary/aromatic N) is 2. The second-order valence-corrected chi connectivity index (χ2v) is 10.6. The van der Waals surface area contributed by atoms with Gasteiger partial charge < -0.3 is 20.0 Å². The van der Waals surface area contributed by atoms with Crippen molar-refractivity contribution >= 4 is 46.7 Å². The lowest BCUT2D eigenvalue weighted by Gasteiger charge is -2.36. The van der Waals surface area contributed by atoms with Crippen LogP contribution in [0.2, 0.25) is 10.0 Å². The van der Waals surface area contributed by atoms with Gasteiger partial charge in [-0.15, -0.1) is 0 Å². The average Bonchev–Trinajstić information content (AvgIpc) is 2.99. The molecule has 1 heterocycles. The van der Waals surface area contributed by atoms with E-state index in [0.29, 0.717) is 39.7 Å². The van der Waals surface area contributed by atoms with Crippen molar-refractivity contribution < 1.29 is 24.6 Å². The molecule has 3 aromatic carbocycles. The smallest absolute Gasteiger partial charge is 0.303 e. The molecular weight excluding hydrogens is 539 g/mol. The van der Waals surface area contributed by atoms with E-state index in [4.69, 9.17) is 28.3 Å². The molecule has 4 rings (SSSR count). The topological polar surface area (TPSA) is 98.2 Å². The van der Waals surface area contributed by atoms with Crippen molar-refractivity contribution in [3.05, 3.63) is 99.0 Å². The summed E-state index contributed by atoms with van der Waals surface area (Å²) < 4.78 is 0. The summed E-state index contributed by atoms with van der Waals surface area (Å²) in [5, 5.41) is 20.4. The molecule has 1 aliphatic heterocycles. The van der Waals surface area contributed by atoms with Crippen LogP contribution in [0, 0.1) is 0 Å². The lowest BCUT2D eigenvalue weighted by atomic mass is 9.98. The van der Waals surface area contributed by atoms with Crippen LogP contribution < -0.4 is 4.90 Å². The fraction of sp³-hybridized carbons (Fsp3) is 0.300. The molecule has 1 unspecified atom stereocenters. The van der Waals surface area contributed by atoms with Gasteiger partial charge in [0.25, 0.3) is 11.8 Å². The van der Waals surface area contributed by atoms with Crippen LogP contribution in [-0.2, 0) is 9.59 Å². The maximum Gasteiger partial charge on any atom is 0.303 e. The van der Waals surface area contributed by atoms with Gasteiger partial charge in [0.2, 0.25) is 0 Å². The number of fused-ring (bicyclic) bond motifs is 1. The standard InChI is InChI=1S/C30H30Cl2N2O5/c1-18(20-6-11-23(31)12-7-20)34-28(21-8-13-24(32)14-9-21)30(39)33(16-4-3-5-27(36)37)26-15-10-22(19(2)35)17-25(26)29(34)38/h6-15,17-19,28,35H,3-5,16H2,1-2H3,(H,36,37)/t18-,19?,28+/m1/s1. The zero-order valence-corrected chi connectivity index (χ0v) is 23.2. The van der Waals surface area contributed by atoms with E-state index in [1.165, 1.54) is 0 Å². The Bertz CT molecular complexity index is 1360. The lowest BCUT2D eigenvalue weighted by molar-refractivity contribution is -0.137. The van der Waals surface area contributed by atoms with E-state index in [2.05, 4.69) is 0 Å². The minimum absolute atomic E-state index is 0.0187. The third kappa shape index (κ3) is 6.27. The number of aliphatic carboxylic acids is 1. The normalized spacial score (nSPS) is 17.0. The molecule has 0 saturated carbocycles. The highest BCUT2D eigenvalue weighted by Gasteiger charge is 2.43. The number of amides is 2. The van der Waals surface area contributed by atoms with Crippen LogP contribution in [0.4, 0.5) is 5.69 Å². The summed E-state index contributed by atoms with van der Waals surface area (Å²) in [5.41, 5.74) is 2.65. The number of hydrogen-bond donors (Lipinski definition) is 2. The van der Waals surface area contributed by atoms with Gasteiger partial charge in [0.05, 0.1) is 23.4 Å². The van der Waals surface area contributed by atoms with Gasteiger partial charge in [-0.1, -0.05) is 53.5 Å². The number of unbranched alkanes of at least 4 members (excludes halogenated alkanes) is 1. The fourth-order valence-electron chi connectivity index (χ4n) is 4.89. The van der Waals surface area contributed by atoms with Crippen molar-refractivity contribution in [2.75, 3.05) is 11.4 Å². The highest BCUT2D eigenvalue weighted by molar-refractivity contribution is 6.30. The first-order chi connectivity index (χ1) is 18.6. The second-order valence-electron chi connectivity index (χ2n) is 9.69. The van der Waals surface area contributed by atoms with Gasteiger partial charge >= 0.3 is 5.97 Å². The summed E-state index contributed by atoms with van der Waals surface area (Å²) >= 11 is 12.3. The summed E-state index contributed by atoms with van der Waals surface area (Å²) in [6.07, 6.45) is -0.0239. The number of aliphatic hydroxyl groups excluding tert-OH is 1. The molecule has 9 heteroatoms. The average molecular weight is 569 g/mol. The van der Waals surface area contributed by atoms with E-state index in [1.807, 2.05) is 19.1 Å². The summed E-state index contributed by atoms with van der Waals surface area (Å²) in [6, 6.07) is 17.5. The summed E-state index contributed by atoms with van der Waals surface area (Å²) in [6.45, 7) is 3.70. The maximum atomic E-state index is 14.4. The Morgan fingerprint density at radius 3 is 2.08 bits per heavy atom. The number of halogens is 2. The molecule has 7 nitrogen and oxygen atoms in total. The number of carbonyl (C=O) groups is 3. The van der Waals surface area contributed by atoms with Crippen molar-refractivity contribution in [2.24, 2.45) is 0 Å². The number of anilines is 1. The Labute approximate surface area is 237 Å². The van der Waals surface area contributed by atoms with E-state index in [9.17, 15) is 19.5 Å². The first-order valence-corrected chi connectivity index (χ1v) is 13.5. The van der Waals surface area contributed by atoms with Crippen molar-refractivity contribution in [3.63, 3.8) is 0 Å². The van der Waals surface area contributed by atoms with E-state index >= 15 is 0 Å². The highest BCUT2D eigenvalue weighted by atomic mass is 35.5. The Morgan fingerprint density at radius 2 is 1.49 bits per heavy atom. The minimum Gasteiger partial charge on any atom is -0.481 e. The highest BCUT2D eigenvalue weighted by Crippen LogP contribution is 2.41. The van der Waals surface area contributed by atoms with Gasteiger partial charge in [-0.2, -0.15) is 0 Å². The zero-order valence-electron chi connectivity index (χ0n) is 21.7. The molecule has 39 heavy (non-hydrogen) atoms. The van der Waals surface area contributed by atoms with Crippen LogP contribution in [0.15, 0.2) is 66.7 Å². The molecular formula is C30H30Cl2N2O5.